The number of hydrogen-bond acceptors (Lipinski definition) is 4. The second-order valence-electron chi connectivity index (χ2n) is 8.40. The van der Waals surface area contributed by atoms with E-state index in [1.54, 1.807) is 18.2 Å². The number of urea groups is 2. The lowest BCUT2D eigenvalue weighted by atomic mass is 10.2. The number of carbonyl (C=O) groups excluding carboxylic acids is 2. The van der Waals surface area contributed by atoms with Crippen molar-refractivity contribution in [2.45, 2.75) is 45.6 Å². The maximum absolute atomic E-state index is 14.5. The Labute approximate surface area is 191 Å². The molecular weight excluding hydrogens is 435 g/mol. The smallest absolute Gasteiger partial charge is 0.331 e. The van der Waals surface area contributed by atoms with Gasteiger partial charge in [-0.2, -0.15) is 0 Å². The van der Waals surface area contributed by atoms with Crippen LogP contribution in [-0.2, 0) is 6.54 Å². The van der Waals surface area contributed by atoms with Crippen LogP contribution in [0.3, 0.4) is 0 Å². The van der Waals surface area contributed by atoms with Crippen molar-refractivity contribution >= 4 is 29.4 Å². The normalized spacial score (nSPS) is 18.7. The third kappa shape index (κ3) is 5.24. The van der Waals surface area contributed by atoms with Gasteiger partial charge < -0.3 is 10.1 Å². The van der Waals surface area contributed by atoms with Gasteiger partial charge in [-0.15, -0.1) is 0 Å². The van der Waals surface area contributed by atoms with Crippen LogP contribution < -0.4 is 15.4 Å². The predicted octanol–water partition coefficient (Wildman–Crippen LogP) is 5.02. The molecule has 1 aliphatic heterocycles. The number of rotatable bonds is 8. The molecule has 1 heterocycles. The van der Waals surface area contributed by atoms with E-state index in [4.69, 9.17) is 16.3 Å². The first-order chi connectivity index (χ1) is 15.3. The average molecular weight is 461 g/mol. The molecule has 2 aliphatic rings. The van der Waals surface area contributed by atoms with Gasteiger partial charge in [-0.05, 0) is 62.4 Å². The van der Waals surface area contributed by atoms with Gasteiger partial charge in [0.25, 0.3) is 0 Å². The van der Waals surface area contributed by atoms with Crippen molar-refractivity contribution in [2.75, 3.05) is 11.9 Å². The first kappa shape index (κ1) is 22.2. The summed E-state index contributed by atoms with van der Waals surface area (Å²) in [7, 11) is 0. The molecule has 4 rings (SSSR count). The van der Waals surface area contributed by atoms with Crippen LogP contribution in [0.1, 0.15) is 32.3 Å². The number of ether oxygens (including phenoxy) is 1. The molecule has 0 bridgehead atoms. The maximum Gasteiger partial charge on any atom is 0.331 e. The number of imide groups is 1. The van der Waals surface area contributed by atoms with Gasteiger partial charge in [0.15, 0.2) is 17.9 Å². The number of amides is 4. The molecule has 1 unspecified atom stereocenters. The molecule has 2 fully saturated rings. The summed E-state index contributed by atoms with van der Waals surface area (Å²) in [6.45, 7) is 4.27. The number of hydrogen-bond donors (Lipinski definition) is 2. The fourth-order valence-corrected chi connectivity index (χ4v) is 3.63. The zero-order valence-corrected chi connectivity index (χ0v) is 18.7. The summed E-state index contributed by atoms with van der Waals surface area (Å²) in [5.41, 5.74) is 1.26. The number of nitrogens with one attached hydrogen (secondary N) is 2. The van der Waals surface area contributed by atoms with Crippen LogP contribution in [0.4, 0.5) is 19.7 Å². The van der Waals surface area contributed by atoms with Gasteiger partial charge in [-0.3, -0.25) is 10.2 Å². The Bertz CT molecular complexity index is 997. The second kappa shape index (κ2) is 9.24. The van der Waals surface area contributed by atoms with Crippen molar-refractivity contribution < 1.29 is 18.7 Å². The summed E-state index contributed by atoms with van der Waals surface area (Å²) < 4.78 is 19.9. The zero-order valence-electron chi connectivity index (χ0n) is 18.0. The molecule has 2 aromatic carbocycles. The number of nitrogens with zero attached hydrogens (tertiary/aromatic N) is 2. The quantitative estimate of drug-likeness (QED) is 0.580. The fourth-order valence-electron chi connectivity index (χ4n) is 3.50. The molecule has 1 saturated heterocycles. The van der Waals surface area contributed by atoms with Gasteiger partial charge >= 0.3 is 12.1 Å². The molecule has 2 N–H and O–H groups in total. The lowest BCUT2D eigenvalue weighted by molar-refractivity contribution is 0.105. The van der Waals surface area contributed by atoms with E-state index >= 15 is 0 Å². The highest BCUT2D eigenvalue weighted by molar-refractivity contribution is 6.30. The van der Waals surface area contributed by atoms with Crippen LogP contribution in [0.5, 0.6) is 5.75 Å². The Morgan fingerprint density at radius 2 is 1.91 bits per heavy atom. The van der Waals surface area contributed by atoms with Crippen LogP contribution in [0.25, 0.3) is 0 Å². The van der Waals surface area contributed by atoms with Crippen molar-refractivity contribution in [2.24, 2.45) is 5.92 Å². The van der Waals surface area contributed by atoms with Crippen LogP contribution in [-0.4, -0.2) is 40.8 Å². The van der Waals surface area contributed by atoms with E-state index in [9.17, 15) is 14.0 Å². The molecule has 4 amide bonds. The first-order valence-electron chi connectivity index (χ1n) is 10.7. The molecular formula is C23H26ClFN4O3. The average Bonchev–Trinajstić information content (AvgIpc) is 3.56. The van der Waals surface area contributed by atoms with Crippen molar-refractivity contribution in [1.82, 2.24) is 15.1 Å². The SMILES string of the molecule is CC(C)Oc1ccc(NC2NC(=O)N(CC3CC3)C(=O)N2Cc2ccc(Cl)cc2)cc1F. The molecule has 7 nitrogen and oxygen atoms in total. The number of benzene rings is 2. The van der Waals surface area contributed by atoms with Crippen molar-refractivity contribution in [3.05, 3.63) is 58.9 Å². The summed E-state index contributed by atoms with van der Waals surface area (Å²) in [6.07, 6.45) is 1.02. The number of anilines is 1. The summed E-state index contributed by atoms with van der Waals surface area (Å²) >= 11 is 5.98. The lowest BCUT2D eigenvalue weighted by Gasteiger charge is -2.41. The molecule has 1 saturated carbocycles. The summed E-state index contributed by atoms with van der Waals surface area (Å²) in [6, 6.07) is 10.7. The number of carbonyl (C=O) groups is 2. The van der Waals surface area contributed by atoms with Gasteiger partial charge in [0, 0.05) is 23.3 Å². The Hall–Kier alpha value is -3.00. The topological polar surface area (TPSA) is 73.9 Å². The molecule has 2 aromatic rings. The highest BCUT2D eigenvalue weighted by atomic mass is 35.5. The van der Waals surface area contributed by atoms with Crippen LogP contribution in [0.15, 0.2) is 42.5 Å². The van der Waals surface area contributed by atoms with Crippen LogP contribution in [0.2, 0.25) is 5.02 Å². The fraction of sp³-hybridized carbons (Fsp3) is 0.391. The Balaban J connectivity index is 1.56. The van der Waals surface area contributed by atoms with E-state index in [1.165, 1.54) is 21.9 Å². The lowest BCUT2D eigenvalue weighted by Crippen LogP contribution is -2.67. The summed E-state index contributed by atoms with van der Waals surface area (Å²) in [5.74, 6) is -0.0334. The van der Waals surface area contributed by atoms with Gasteiger partial charge in [0.05, 0.1) is 12.6 Å². The Kier molecular flexibility index (Phi) is 6.41. The molecule has 0 spiro atoms. The zero-order chi connectivity index (χ0) is 22.8. The Morgan fingerprint density at radius 3 is 2.53 bits per heavy atom. The van der Waals surface area contributed by atoms with E-state index < -0.39 is 24.2 Å². The highest BCUT2D eigenvalue weighted by Crippen LogP contribution is 2.31. The Morgan fingerprint density at radius 1 is 1.19 bits per heavy atom. The van der Waals surface area contributed by atoms with E-state index in [-0.39, 0.29) is 18.4 Å². The van der Waals surface area contributed by atoms with Gasteiger partial charge in [0.1, 0.15) is 0 Å². The van der Waals surface area contributed by atoms with Gasteiger partial charge in [0.2, 0.25) is 0 Å². The monoisotopic (exact) mass is 460 g/mol. The van der Waals surface area contributed by atoms with Crippen LogP contribution >= 0.6 is 11.6 Å². The van der Waals surface area contributed by atoms with E-state index in [2.05, 4.69) is 10.6 Å². The van der Waals surface area contributed by atoms with Crippen molar-refractivity contribution in [1.29, 1.82) is 0 Å². The minimum atomic E-state index is -0.850. The van der Waals surface area contributed by atoms with Gasteiger partial charge in [-0.25, -0.2) is 18.9 Å². The molecule has 9 heteroatoms. The van der Waals surface area contributed by atoms with E-state index in [0.29, 0.717) is 23.2 Å². The minimum absolute atomic E-state index is 0.142. The summed E-state index contributed by atoms with van der Waals surface area (Å²) in [5, 5.41) is 6.48. The van der Waals surface area contributed by atoms with Crippen LogP contribution in [0, 0.1) is 11.7 Å². The van der Waals surface area contributed by atoms with E-state index in [0.717, 1.165) is 18.4 Å². The molecule has 170 valence electrons. The molecule has 32 heavy (non-hydrogen) atoms. The second-order valence-corrected chi connectivity index (χ2v) is 8.84. The molecule has 1 aliphatic carbocycles. The largest absolute Gasteiger partial charge is 0.488 e. The van der Waals surface area contributed by atoms with Crippen molar-refractivity contribution in [3.8, 4) is 5.75 Å². The van der Waals surface area contributed by atoms with Gasteiger partial charge in [-0.1, -0.05) is 23.7 Å². The number of halogens is 2. The standard InChI is InChI=1S/C23H26ClFN4O3/c1-14(2)32-20-10-9-18(11-19(20)25)26-21-27-22(30)29(13-15-3-4-15)23(31)28(21)12-16-5-7-17(24)8-6-16/h5-11,14-15,21,26H,3-4,12-13H2,1-2H3,(H,27,30). The first-order valence-corrected chi connectivity index (χ1v) is 11.0. The van der Waals surface area contributed by atoms with Crippen molar-refractivity contribution in [3.63, 3.8) is 0 Å². The third-order valence-corrected chi connectivity index (χ3v) is 5.55. The van der Waals surface area contributed by atoms with E-state index in [1.807, 2.05) is 26.0 Å². The third-order valence-electron chi connectivity index (χ3n) is 5.30. The predicted molar refractivity (Wildman–Crippen MR) is 120 cm³/mol. The maximum atomic E-state index is 14.5. The highest BCUT2D eigenvalue weighted by Gasteiger charge is 2.41. The molecule has 0 aromatic heterocycles. The molecule has 1 atom stereocenters. The summed E-state index contributed by atoms with van der Waals surface area (Å²) in [4.78, 5) is 28.7. The molecule has 0 radical (unpaired) electrons. The minimum Gasteiger partial charge on any atom is -0.488 e.